The van der Waals surface area contributed by atoms with E-state index < -0.39 is 10.0 Å². The molecule has 1 N–H and O–H groups in total. The van der Waals surface area contributed by atoms with Gasteiger partial charge in [0.1, 0.15) is 0 Å². The summed E-state index contributed by atoms with van der Waals surface area (Å²) in [6.07, 6.45) is 1.86. The molecular weight excluding hydrogens is 448 g/mol. The van der Waals surface area contributed by atoms with Crippen LogP contribution in [0.1, 0.15) is 25.3 Å². The summed E-state index contributed by atoms with van der Waals surface area (Å²) < 4.78 is 32.7. The lowest BCUT2D eigenvalue weighted by Crippen LogP contribution is -2.27. The zero-order valence-electron chi connectivity index (χ0n) is 18.6. The van der Waals surface area contributed by atoms with Crippen molar-refractivity contribution in [2.24, 2.45) is 5.92 Å². The van der Waals surface area contributed by atoms with E-state index in [1.54, 1.807) is 19.9 Å². The molecule has 2 aromatic carbocycles. The van der Waals surface area contributed by atoms with Gasteiger partial charge < -0.3 is 9.84 Å². The Morgan fingerprint density at radius 2 is 1.97 bits per heavy atom. The van der Waals surface area contributed by atoms with Crippen molar-refractivity contribution in [1.82, 2.24) is 14.4 Å². The number of thioether (sulfide) groups is 1. The number of anilines is 1. The standard InChI is InChI=1S/C22H26N4O4S2/c1-14(2)22(27)23-18-12-17(9-10-19(18)31-5)32(28,29)26(4)13-20-24-21(25-30-20)16-8-6-7-15(3)11-16/h6-12,14H,13H2,1-5H3,(H,23,27). The van der Waals surface area contributed by atoms with E-state index in [0.717, 1.165) is 20.3 Å². The number of benzene rings is 2. The molecule has 0 aliphatic carbocycles. The molecule has 0 saturated carbocycles. The van der Waals surface area contributed by atoms with Gasteiger partial charge in [-0.25, -0.2) is 8.42 Å². The Balaban J connectivity index is 1.82. The Labute approximate surface area is 192 Å². The van der Waals surface area contributed by atoms with Crippen molar-refractivity contribution >= 4 is 33.4 Å². The van der Waals surface area contributed by atoms with Crippen molar-refractivity contribution in [2.75, 3.05) is 18.6 Å². The highest BCUT2D eigenvalue weighted by Gasteiger charge is 2.25. The molecule has 0 spiro atoms. The van der Waals surface area contributed by atoms with Gasteiger partial charge in [0.2, 0.25) is 27.6 Å². The van der Waals surface area contributed by atoms with Crippen LogP contribution in [-0.4, -0.2) is 42.1 Å². The van der Waals surface area contributed by atoms with E-state index in [1.165, 1.54) is 30.9 Å². The predicted molar refractivity (Wildman–Crippen MR) is 125 cm³/mol. The lowest BCUT2D eigenvalue weighted by Gasteiger charge is -2.17. The Bertz CT molecular complexity index is 1220. The smallest absolute Gasteiger partial charge is 0.243 e. The molecule has 10 heteroatoms. The number of carbonyl (C=O) groups excluding carboxylic acids is 1. The average molecular weight is 475 g/mol. The molecule has 0 bridgehead atoms. The first-order valence-electron chi connectivity index (χ1n) is 9.96. The maximum Gasteiger partial charge on any atom is 0.243 e. The second kappa shape index (κ2) is 9.85. The number of nitrogens with zero attached hydrogens (tertiary/aromatic N) is 3. The second-order valence-corrected chi connectivity index (χ2v) is 10.5. The molecule has 170 valence electrons. The third-order valence-corrected chi connectivity index (χ3v) is 7.36. The van der Waals surface area contributed by atoms with Crippen LogP contribution in [0.3, 0.4) is 0 Å². The summed E-state index contributed by atoms with van der Waals surface area (Å²) in [7, 11) is -2.41. The number of sulfonamides is 1. The summed E-state index contributed by atoms with van der Waals surface area (Å²) in [5.41, 5.74) is 2.32. The van der Waals surface area contributed by atoms with Crippen LogP contribution in [0.4, 0.5) is 5.69 Å². The van der Waals surface area contributed by atoms with Gasteiger partial charge in [-0.1, -0.05) is 42.8 Å². The van der Waals surface area contributed by atoms with Crippen LogP contribution in [0.15, 0.2) is 56.8 Å². The van der Waals surface area contributed by atoms with E-state index in [4.69, 9.17) is 4.52 Å². The van der Waals surface area contributed by atoms with Crippen molar-refractivity contribution in [3.05, 3.63) is 53.9 Å². The van der Waals surface area contributed by atoms with Gasteiger partial charge in [0.15, 0.2) is 0 Å². The molecular formula is C22H26N4O4S2. The van der Waals surface area contributed by atoms with Crippen LogP contribution >= 0.6 is 11.8 Å². The van der Waals surface area contributed by atoms with Crippen molar-refractivity contribution in [3.8, 4) is 11.4 Å². The summed E-state index contributed by atoms with van der Waals surface area (Å²) >= 11 is 1.42. The van der Waals surface area contributed by atoms with Gasteiger partial charge in [-0.05, 0) is 37.4 Å². The minimum Gasteiger partial charge on any atom is -0.338 e. The maximum absolute atomic E-state index is 13.1. The number of hydrogen-bond acceptors (Lipinski definition) is 7. The molecule has 8 nitrogen and oxygen atoms in total. The first kappa shape index (κ1) is 24.0. The second-order valence-electron chi connectivity index (χ2n) is 7.65. The first-order valence-corrected chi connectivity index (χ1v) is 12.6. The normalized spacial score (nSPS) is 11.8. The Kier molecular flexibility index (Phi) is 7.37. The van der Waals surface area contributed by atoms with Crippen molar-refractivity contribution in [3.63, 3.8) is 0 Å². The van der Waals surface area contributed by atoms with Gasteiger partial charge >= 0.3 is 0 Å². The monoisotopic (exact) mass is 474 g/mol. The van der Waals surface area contributed by atoms with E-state index in [2.05, 4.69) is 15.5 Å². The van der Waals surface area contributed by atoms with E-state index in [-0.39, 0.29) is 29.2 Å². The highest BCUT2D eigenvalue weighted by Crippen LogP contribution is 2.30. The first-order chi connectivity index (χ1) is 15.1. The van der Waals surface area contributed by atoms with Gasteiger partial charge in [0, 0.05) is 23.4 Å². The number of carbonyl (C=O) groups is 1. The molecule has 32 heavy (non-hydrogen) atoms. The number of hydrogen-bond donors (Lipinski definition) is 1. The molecule has 1 aromatic heterocycles. The molecule has 0 radical (unpaired) electrons. The third-order valence-electron chi connectivity index (χ3n) is 4.76. The van der Waals surface area contributed by atoms with Crippen molar-refractivity contribution < 1.29 is 17.7 Å². The molecule has 3 aromatic rings. The SMILES string of the molecule is CSc1ccc(S(=O)(=O)N(C)Cc2nc(-c3cccc(C)c3)no2)cc1NC(=O)C(C)C. The Morgan fingerprint density at radius 3 is 2.62 bits per heavy atom. The predicted octanol–water partition coefficient (Wildman–Crippen LogP) is 4.18. The Morgan fingerprint density at radius 1 is 1.22 bits per heavy atom. The lowest BCUT2D eigenvalue weighted by atomic mass is 10.1. The third kappa shape index (κ3) is 5.37. The molecule has 3 rings (SSSR count). The summed E-state index contributed by atoms with van der Waals surface area (Å²) in [5, 5.41) is 6.77. The molecule has 0 fully saturated rings. The zero-order valence-corrected chi connectivity index (χ0v) is 20.3. The fraction of sp³-hybridized carbons (Fsp3) is 0.318. The minimum atomic E-state index is -3.86. The highest BCUT2D eigenvalue weighted by molar-refractivity contribution is 7.98. The summed E-state index contributed by atoms with van der Waals surface area (Å²) in [6.45, 7) is 5.43. The minimum absolute atomic E-state index is 0.0651. The van der Waals surface area contributed by atoms with Crippen LogP contribution in [0.5, 0.6) is 0 Å². The molecule has 0 saturated heterocycles. The van der Waals surface area contributed by atoms with Crippen LogP contribution in [0.25, 0.3) is 11.4 Å². The summed E-state index contributed by atoms with van der Waals surface area (Å²) in [4.78, 5) is 17.3. The van der Waals surface area contributed by atoms with Crippen molar-refractivity contribution in [2.45, 2.75) is 37.1 Å². The molecule has 0 unspecified atom stereocenters. The summed E-state index contributed by atoms with van der Waals surface area (Å²) in [5.74, 6) is 0.171. The number of aromatic nitrogens is 2. The van der Waals surface area contributed by atoms with E-state index >= 15 is 0 Å². The maximum atomic E-state index is 13.1. The van der Waals surface area contributed by atoms with E-state index in [0.29, 0.717) is 11.5 Å². The average Bonchev–Trinajstić information content (AvgIpc) is 3.22. The number of nitrogens with one attached hydrogen (secondary N) is 1. The van der Waals surface area contributed by atoms with Gasteiger partial charge in [-0.3, -0.25) is 4.79 Å². The lowest BCUT2D eigenvalue weighted by molar-refractivity contribution is -0.118. The zero-order chi connectivity index (χ0) is 23.5. The molecule has 1 heterocycles. The summed E-state index contributed by atoms with van der Waals surface area (Å²) in [6, 6.07) is 12.3. The largest absolute Gasteiger partial charge is 0.338 e. The number of amides is 1. The Hall–Kier alpha value is -2.69. The van der Waals surface area contributed by atoms with E-state index in [9.17, 15) is 13.2 Å². The molecule has 0 atom stereocenters. The quantitative estimate of drug-likeness (QED) is 0.488. The van der Waals surface area contributed by atoms with Gasteiger partial charge in [-0.15, -0.1) is 11.8 Å². The van der Waals surface area contributed by atoms with E-state index in [1.807, 2.05) is 37.4 Å². The molecule has 0 aliphatic heterocycles. The fourth-order valence-electron chi connectivity index (χ4n) is 2.90. The van der Waals surface area contributed by atoms with Crippen LogP contribution in [-0.2, 0) is 21.4 Å². The molecule has 1 amide bonds. The van der Waals surface area contributed by atoms with Crippen LogP contribution in [0.2, 0.25) is 0 Å². The van der Waals surface area contributed by atoms with Crippen LogP contribution in [0, 0.1) is 12.8 Å². The van der Waals surface area contributed by atoms with Gasteiger partial charge in [0.05, 0.1) is 17.1 Å². The fourth-order valence-corrected chi connectivity index (χ4v) is 4.58. The van der Waals surface area contributed by atoms with Gasteiger partial charge in [-0.2, -0.15) is 9.29 Å². The van der Waals surface area contributed by atoms with Crippen LogP contribution < -0.4 is 5.32 Å². The topological polar surface area (TPSA) is 105 Å². The highest BCUT2D eigenvalue weighted by atomic mass is 32.2. The number of aryl methyl sites for hydroxylation is 1. The van der Waals surface area contributed by atoms with Crippen molar-refractivity contribution in [1.29, 1.82) is 0 Å². The number of rotatable bonds is 8. The molecule has 0 aliphatic rings. The van der Waals surface area contributed by atoms with Gasteiger partial charge in [0.25, 0.3) is 0 Å².